The predicted molar refractivity (Wildman–Crippen MR) is 65.3 cm³/mol. The number of aliphatic hydroxyl groups is 1. The Morgan fingerprint density at radius 2 is 1.87 bits per heavy atom. The number of thiazole rings is 1. The van der Waals surface area contributed by atoms with Gasteiger partial charge in [0.25, 0.3) is 0 Å². The first-order chi connectivity index (χ1) is 6.91. The zero-order chi connectivity index (χ0) is 11.6. The Morgan fingerprint density at radius 3 is 2.27 bits per heavy atom. The van der Waals surface area contributed by atoms with Crippen LogP contribution in [0, 0.1) is 25.7 Å². The minimum Gasteiger partial charge on any atom is -0.392 e. The first kappa shape index (κ1) is 12.7. The van der Waals surface area contributed by atoms with Crippen LogP contribution < -0.4 is 0 Å². The van der Waals surface area contributed by atoms with Crippen LogP contribution in [0.25, 0.3) is 0 Å². The van der Waals surface area contributed by atoms with E-state index in [-0.39, 0.29) is 6.10 Å². The average Bonchev–Trinajstić information content (AvgIpc) is 2.44. The van der Waals surface area contributed by atoms with E-state index in [1.807, 2.05) is 6.92 Å². The van der Waals surface area contributed by atoms with Crippen molar-refractivity contribution in [2.24, 2.45) is 11.8 Å². The van der Waals surface area contributed by atoms with E-state index in [1.54, 1.807) is 11.3 Å². The Morgan fingerprint density at radius 1 is 1.27 bits per heavy atom. The van der Waals surface area contributed by atoms with E-state index in [0.29, 0.717) is 18.3 Å². The summed E-state index contributed by atoms with van der Waals surface area (Å²) in [5.74, 6) is 0.844. The summed E-state index contributed by atoms with van der Waals surface area (Å²) in [5, 5.41) is 11.1. The van der Waals surface area contributed by atoms with Crippen molar-refractivity contribution < 1.29 is 5.11 Å². The molecule has 2 unspecified atom stereocenters. The van der Waals surface area contributed by atoms with E-state index >= 15 is 0 Å². The summed E-state index contributed by atoms with van der Waals surface area (Å²) in [6.45, 7) is 10.5. The number of aliphatic hydroxyl groups excluding tert-OH is 1. The molecule has 0 radical (unpaired) electrons. The molecule has 0 aliphatic carbocycles. The van der Waals surface area contributed by atoms with Gasteiger partial charge in [0.15, 0.2) is 0 Å². The highest BCUT2D eigenvalue weighted by Crippen LogP contribution is 2.22. The Bertz CT molecular complexity index is 300. The molecule has 1 rings (SSSR count). The van der Waals surface area contributed by atoms with E-state index in [2.05, 4.69) is 32.7 Å². The molecule has 0 fully saturated rings. The Kier molecular flexibility index (Phi) is 4.29. The topological polar surface area (TPSA) is 33.1 Å². The number of rotatable bonds is 4. The highest BCUT2D eigenvalue weighted by atomic mass is 32.1. The third-order valence-electron chi connectivity index (χ3n) is 3.12. The maximum absolute atomic E-state index is 10.0. The monoisotopic (exact) mass is 227 g/mol. The Balaban J connectivity index is 2.62. The maximum atomic E-state index is 10.0. The van der Waals surface area contributed by atoms with E-state index < -0.39 is 0 Å². The molecule has 0 bridgehead atoms. The molecule has 0 aromatic carbocycles. The van der Waals surface area contributed by atoms with Gasteiger partial charge < -0.3 is 5.11 Å². The van der Waals surface area contributed by atoms with Crippen molar-refractivity contribution in [2.75, 3.05) is 0 Å². The standard InChI is InChI=1S/C12H21NOS/c1-7(2)8(3)11(14)6-12-13-9(4)10(5)15-12/h7-8,11,14H,6H2,1-5H3. The van der Waals surface area contributed by atoms with Gasteiger partial charge in [-0.25, -0.2) is 4.98 Å². The summed E-state index contributed by atoms with van der Waals surface area (Å²) < 4.78 is 0. The lowest BCUT2D eigenvalue weighted by molar-refractivity contribution is 0.0921. The molecule has 1 aromatic heterocycles. The summed E-state index contributed by atoms with van der Waals surface area (Å²) in [4.78, 5) is 5.71. The van der Waals surface area contributed by atoms with E-state index in [1.165, 1.54) is 4.88 Å². The average molecular weight is 227 g/mol. The third-order valence-corrected chi connectivity index (χ3v) is 4.21. The number of hydrogen-bond donors (Lipinski definition) is 1. The lowest BCUT2D eigenvalue weighted by Gasteiger charge is -2.21. The van der Waals surface area contributed by atoms with Crippen LogP contribution in [0.4, 0.5) is 0 Å². The molecule has 1 heterocycles. The fourth-order valence-electron chi connectivity index (χ4n) is 1.44. The molecule has 0 spiro atoms. The quantitative estimate of drug-likeness (QED) is 0.858. The fraction of sp³-hybridized carbons (Fsp3) is 0.750. The van der Waals surface area contributed by atoms with Crippen LogP contribution in [0.15, 0.2) is 0 Å². The smallest absolute Gasteiger partial charge is 0.0956 e. The maximum Gasteiger partial charge on any atom is 0.0956 e. The van der Waals surface area contributed by atoms with Crippen LogP contribution in [0.5, 0.6) is 0 Å². The van der Waals surface area contributed by atoms with Crippen LogP contribution in [-0.4, -0.2) is 16.2 Å². The summed E-state index contributed by atoms with van der Waals surface area (Å²) in [6.07, 6.45) is 0.425. The van der Waals surface area contributed by atoms with Crippen molar-refractivity contribution in [1.82, 2.24) is 4.98 Å². The molecule has 0 aliphatic heterocycles. The number of aromatic nitrogens is 1. The molecule has 86 valence electrons. The van der Waals surface area contributed by atoms with Crippen molar-refractivity contribution >= 4 is 11.3 Å². The fourth-order valence-corrected chi connectivity index (χ4v) is 2.42. The van der Waals surface area contributed by atoms with E-state index in [0.717, 1.165) is 10.7 Å². The van der Waals surface area contributed by atoms with Crippen molar-refractivity contribution in [3.63, 3.8) is 0 Å². The summed E-state index contributed by atoms with van der Waals surface area (Å²) in [6, 6.07) is 0. The van der Waals surface area contributed by atoms with Crippen LogP contribution >= 0.6 is 11.3 Å². The van der Waals surface area contributed by atoms with Gasteiger partial charge >= 0.3 is 0 Å². The molecule has 2 nitrogen and oxygen atoms in total. The highest BCUT2D eigenvalue weighted by molar-refractivity contribution is 7.11. The summed E-state index contributed by atoms with van der Waals surface area (Å²) in [5.41, 5.74) is 1.10. The van der Waals surface area contributed by atoms with Crippen molar-refractivity contribution in [1.29, 1.82) is 0 Å². The van der Waals surface area contributed by atoms with Gasteiger partial charge in [-0.05, 0) is 25.7 Å². The van der Waals surface area contributed by atoms with Gasteiger partial charge in [0, 0.05) is 11.3 Å². The number of hydrogen-bond acceptors (Lipinski definition) is 3. The second-order valence-corrected chi connectivity index (χ2v) is 5.91. The van der Waals surface area contributed by atoms with Gasteiger partial charge in [0.1, 0.15) is 0 Å². The van der Waals surface area contributed by atoms with Gasteiger partial charge in [-0.2, -0.15) is 0 Å². The third kappa shape index (κ3) is 3.28. The molecule has 2 atom stereocenters. The van der Waals surface area contributed by atoms with Crippen LogP contribution in [0.2, 0.25) is 0 Å². The molecule has 15 heavy (non-hydrogen) atoms. The molecule has 0 saturated carbocycles. The predicted octanol–water partition coefficient (Wildman–Crippen LogP) is 2.96. The number of nitrogens with zero attached hydrogens (tertiary/aromatic N) is 1. The van der Waals surface area contributed by atoms with Crippen molar-refractivity contribution in [3.05, 3.63) is 15.6 Å². The molecule has 3 heteroatoms. The molecule has 1 N–H and O–H groups in total. The second kappa shape index (κ2) is 5.08. The minimum absolute atomic E-state index is 0.269. The zero-order valence-electron chi connectivity index (χ0n) is 10.2. The van der Waals surface area contributed by atoms with Gasteiger partial charge in [-0.3, -0.25) is 0 Å². The van der Waals surface area contributed by atoms with Crippen LogP contribution in [-0.2, 0) is 6.42 Å². The molecule has 0 aliphatic rings. The summed E-state index contributed by atoms with van der Waals surface area (Å²) >= 11 is 1.70. The lowest BCUT2D eigenvalue weighted by Crippen LogP contribution is -2.24. The van der Waals surface area contributed by atoms with Crippen molar-refractivity contribution in [2.45, 2.75) is 47.1 Å². The molecular weight excluding hydrogens is 206 g/mol. The Labute approximate surface area is 96.4 Å². The van der Waals surface area contributed by atoms with Gasteiger partial charge in [0.05, 0.1) is 16.8 Å². The first-order valence-corrected chi connectivity index (χ1v) is 6.34. The van der Waals surface area contributed by atoms with E-state index in [9.17, 15) is 5.11 Å². The van der Waals surface area contributed by atoms with E-state index in [4.69, 9.17) is 0 Å². The molecule has 1 aromatic rings. The second-order valence-electron chi connectivity index (χ2n) is 4.62. The zero-order valence-corrected chi connectivity index (χ0v) is 11.1. The highest BCUT2D eigenvalue weighted by Gasteiger charge is 2.19. The van der Waals surface area contributed by atoms with Gasteiger partial charge in [-0.1, -0.05) is 20.8 Å². The molecular formula is C12H21NOS. The normalized spacial score (nSPS) is 15.7. The van der Waals surface area contributed by atoms with Crippen molar-refractivity contribution in [3.8, 4) is 0 Å². The molecule has 0 saturated heterocycles. The van der Waals surface area contributed by atoms with Crippen LogP contribution in [0.3, 0.4) is 0 Å². The Hall–Kier alpha value is -0.410. The van der Waals surface area contributed by atoms with Crippen LogP contribution in [0.1, 0.15) is 36.3 Å². The van der Waals surface area contributed by atoms with Gasteiger partial charge in [0.2, 0.25) is 0 Å². The largest absolute Gasteiger partial charge is 0.392 e. The first-order valence-electron chi connectivity index (χ1n) is 5.52. The molecule has 0 amide bonds. The van der Waals surface area contributed by atoms with Gasteiger partial charge in [-0.15, -0.1) is 11.3 Å². The number of aryl methyl sites for hydroxylation is 2. The lowest BCUT2D eigenvalue weighted by atomic mass is 9.91. The summed E-state index contributed by atoms with van der Waals surface area (Å²) in [7, 11) is 0. The minimum atomic E-state index is -0.269. The SMILES string of the molecule is Cc1nc(CC(O)C(C)C(C)C)sc1C.